The molecular formula is C30H42N4O4. The highest BCUT2D eigenvalue weighted by molar-refractivity contribution is 5.94. The van der Waals surface area contributed by atoms with Gasteiger partial charge in [0.1, 0.15) is 0 Å². The molecule has 0 spiro atoms. The molecular weight excluding hydrogens is 480 g/mol. The number of benzene rings is 1. The number of amides is 1. The number of hydrogen-bond acceptors (Lipinski definition) is 7. The summed E-state index contributed by atoms with van der Waals surface area (Å²) in [6, 6.07) is 11.3. The van der Waals surface area contributed by atoms with Gasteiger partial charge in [-0.15, -0.1) is 0 Å². The van der Waals surface area contributed by atoms with Crippen LogP contribution in [-0.2, 0) is 14.2 Å². The number of nitrogens with one attached hydrogen (secondary N) is 2. The van der Waals surface area contributed by atoms with E-state index in [-0.39, 0.29) is 24.2 Å². The zero-order valence-corrected chi connectivity index (χ0v) is 22.7. The third-order valence-corrected chi connectivity index (χ3v) is 8.16. The highest BCUT2D eigenvalue weighted by atomic mass is 16.5. The molecule has 4 atom stereocenters. The minimum atomic E-state index is 0.0498. The van der Waals surface area contributed by atoms with E-state index in [1.165, 1.54) is 11.1 Å². The van der Waals surface area contributed by atoms with Crippen LogP contribution in [0, 0.1) is 6.92 Å². The summed E-state index contributed by atoms with van der Waals surface area (Å²) >= 11 is 0. The van der Waals surface area contributed by atoms with Gasteiger partial charge in [0.25, 0.3) is 5.91 Å². The van der Waals surface area contributed by atoms with E-state index >= 15 is 0 Å². The van der Waals surface area contributed by atoms with Crippen LogP contribution in [0.1, 0.15) is 66.1 Å². The molecule has 2 aromatic rings. The first-order valence-corrected chi connectivity index (χ1v) is 14.2. The van der Waals surface area contributed by atoms with Gasteiger partial charge in [-0.1, -0.05) is 29.8 Å². The fourth-order valence-electron chi connectivity index (χ4n) is 5.83. The Morgan fingerprint density at radius 2 is 1.92 bits per heavy atom. The van der Waals surface area contributed by atoms with Gasteiger partial charge in [0.2, 0.25) is 0 Å². The number of carbonyl (C=O) groups is 1. The number of ether oxygens (including phenoxy) is 3. The van der Waals surface area contributed by atoms with Crippen molar-refractivity contribution < 1.29 is 19.0 Å². The standard InChI is InChI=1S/C30H42N4O4/c1-21-6-8-22(9-7-21)28-5-3-4-26(38-28)19-32-25-16-23(17-31-18-25)30(35)34-13-10-24(11-14-34)33-27-12-15-37-20-29(27)36-2/h6-9,16-18,24,26-29,32-33H,3-5,10-15,19-20H2,1-2H3/t26-,27+,28+,29-/m1/s1. The van der Waals surface area contributed by atoms with Gasteiger partial charge < -0.3 is 29.7 Å². The molecule has 3 saturated heterocycles. The average molecular weight is 523 g/mol. The van der Waals surface area contributed by atoms with E-state index in [1.807, 2.05) is 11.0 Å². The quantitative estimate of drug-likeness (QED) is 0.540. The van der Waals surface area contributed by atoms with Gasteiger partial charge in [-0.2, -0.15) is 0 Å². The molecule has 3 aliphatic rings. The van der Waals surface area contributed by atoms with Crippen molar-refractivity contribution in [3.8, 4) is 0 Å². The Labute approximate surface area is 226 Å². The van der Waals surface area contributed by atoms with Gasteiger partial charge in [-0.3, -0.25) is 9.78 Å². The Hall–Kier alpha value is -2.52. The first kappa shape index (κ1) is 27.1. The van der Waals surface area contributed by atoms with Crippen molar-refractivity contribution in [2.75, 3.05) is 45.3 Å². The van der Waals surface area contributed by atoms with Crippen LogP contribution in [0.2, 0.25) is 0 Å². The first-order valence-electron chi connectivity index (χ1n) is 14.2. The maximum Gasteiger partial charge on any atom is 0.255 e. The Morgan fingerprint density at radius 1 is 1.11 bits per heavy atom. The second-order valence-electron chi connectivity index (χ2n) is 10.9. The number of aryl methyl sites for hydroxylation is 1. The zero-order valence-electron chi connectivity index (χ0n) is 22.7. The predicted molar refractivity (Wildman–Crippen MR) is 147 cm³/mol. The van der Waals surface area contributed by atoms with Crippen molar-refractivity contribution in [2.24, 2.45) is 0 Å². The van der Waals surface area contributed by atoms with Crippen molar-refractivity contribution in [2.45, 2.75) is 75.8 Å². The molecule has 4 heterocycles. The molecule has 1 amide bonds. The second-order valence-corrected chi connectivity index (χ2v) is 10.9. The first-order chi connectivity index (χ1) is 18.6. The van der Waals surface area contributed by atoms with Crippen LogP contribution in [0.15, 0.2) is 42.7 Å². The van der Waals surface area contributed by atoms with Gasteiger partial charge in [-0.05, 0) is 57.1 Å². The van der Waals surface area contributed by atoms with Crippen molar-refractivity contribution in [1.82, 2.24) is 15.2 Å². The number of carbonyl (C=O) groups excluding carboxylic acids is 1. The predicted octanol–water partition coefficient (Wildman–Crippen LogP) is 4.11. The van der Waals surface area contributed by atoms with Gasteiger partial charge in [-0.25, -0.2) is 0 Å². The molecule has 8 nitrogen and oxygen atoms in total. The van der Waals surface area contributed by atoms with E-state index in [4.69, 9.17) is 14.2 Å². The minimum absolute atomic E-state index is 0.0498. The van der Waals surface area contributed by atoms with Crippen molar-refractivity contribution in [1.29, 1.82) is 0 Å². The molecule has 0 radical (unpaired) electrons. The number of rotatable bonds is 8. The van der Waals surface area contributed by atoms with Gasteiger partial charge in [0.05, 0.1) is 36.2 Å². The molecule has 1 aromatic heterocycles. The summed E-state index contributed by atoms with van der Waals surface area (Å²) in [4.78, 5) is 19.6. The van der Waals surface area contributed by atoms with Gasteiger partial charge in [0.15, 0.2) is 0 Å². The lowest BCUT2D eigenvalue weighted by atomic mass is 9.97. The number of nitrogens with zero attached hydrogens (tertiary/aromatic N) is 2. The maximum atomic E-state index is 13.3. The van der Waals surface area contributed by atoms with Gasteiger partial charge in [0, 0.05) is 57.8 Å². The summed E-state index contributed by atoms with van der Waals surface area (Å²) in [5.41, 5.74) is 4.01. The smallest absolute Gasteiger partial charge is 0.255 e. The van der Waals surface area contributed by atoms with E-state index in [1.54, 1.807) is 19.5 Å². The lowest BCUT2D eigenvalue weighted by Crippen LogP contribution is -2.54. The topological polar surface area (TPSA) is 85.0 Å². The normalized spacial score (nSPS) is 26.7. The SMILES string of the molecule is CO[C@@H]1COCC[C@@H]1NC1CCN(C(=O)c2cncc(NC[C@H]3CCC[C@@H](c4ccc(C)cc4)O3)c2)CC1. The summed E-state index contributed by atoms with van der Waals surface area (Å²) in [6.07, 6.45) is 9.90. The second kappa shape index (κ2) is 13.0. The minimum Gasteiger partial charge on any atom is -0.381 e. The van der Waals surface area contributed by atoms with E-state index in [9.17, 15) is 4.79 Å². The third kappa shape index (κ3) is 6.91. The Balaban J connectivity index is 1.10. The monoisotopic (exact) mass is 522 g/mol. The molecule has 2 N–H and O–H groups in total. The molecule has 8 heteroatoms. The summed E-state index contributed by atoms with van der Waals surface area (Å²) in [5.74, 6) is 0.0498. The highest BCUT2D eigenvalue weighted by Gasteiger charge is 2.30. The number of hydrogen-bond donors (Lipinski definition) is 2. The number of aromatic nitrogens is 1. The molecule has 1 aromatic carbocycles. The molecule has 206 valence electrons. The molecule has 38 heavy (non-hydrogen) atoms. The van der Waals surface area contributed by atoms with Crippen LogP contribution in [0.4, 0.5) is 5.69 Å². The van der Waals surface area contributed by atoms with Crippen LogP contribution in [-0.4, -0.2) is 80.0 Å². The van der Waals surface area contributed by atoms with Gasteiger partial charge >= 0.3 is 0 Å². The summed E-state index contributed by atoms with van der Waals surface area (Å²) in [6.45, 7) is 5.70. The number of pyridine rings is 1. The zero-order chi connectivity index (χ0) is 26.3. The summed E-state index contributed by atoms with van der Waals surface area (Å²) in [5, 5.41) is 7.22. The fraction of sp³-hybridized carbons (Fsp3) is 0.600. The Bertz CT molecular complexity index is 1040. The molecule has 0 saturated carbocycles. The molecule has 5 rings (SSSR count). The van der Waals surface area contributed by atoms with E-state index in [2.05, 4.69) is 46.8 Å². The lowest BCUT2D eigenvalue weighted by Gasteiger charge is -2.38. The number of likely N-dealkylation sites (tertiary alicyclic amines) is 1. The van der Waals surface area contributed by atoms with Crippen LogP contribution < -0.4 is 10.6 Å². The fourth-order valence-corrected chi connectivity index (χ4v) is 5.83. The molecule has 3 aliphatic heterocycles. The van der Waals surface area contributed by atoms with E-state index < -0.39 is 0 Å². The average Bonchev–Trinajstić information content (AvgIpc) is 2.97. The third-order valence-electron chi connectivity index (χ3n) is 8.16. The van der Waals surface area contributed by atoms with Crippen LogP contribution in [0.3, 0.4) is 0 Å². The summed E-state index contributed by atoms with van der Waals surface area (Å²) < 4.78 is 17.5. The largest absolute Gasteiger partial charge is 0.381 e. The molecule has 3 fully saturated rings. The Morgan fingerprint density at radius 3 is 2.71 bits per heavy atom. The Kier molecular flexibility index (Phi) is 9.27. The number of anilines is 1. The van der Waals surface area contributed by atoms with E-state index in [0.29, 0.717) is 30.8 Å². The molecule has 0 aliphatic carbocycles. The lowest BCUT2D eigenvalue weighted by molar-refractivity contribution is -0.0533. The molecule has 0 bridgehead atoms. The van der Waals surface area contributed by atoms with Crippen molar-refractivity contribution >= 4 is 11.6 Å². The van der Waals surface area contributed by atoms with Crippen LogP contribution in [0.5, 0.6) is 0 Å². The van der Waals surface area contributed by atoms with Crippen molar-refractivity contribution in [3.63, 3.8) is 0 Å². The van der Waals surface area contributed by atoms with Crippen molar-refractivity contribution in [3.05, 3.63) is 59.4 Å². The van der Waals surface area contributed by atoms with Crippen LogP contribution in [0.25, 0.3) is 0 Å². The highest BCUT2D eigenvalue weighted by Crippen LogP contribution is 2.31. The van der Waals surface area contributed by atoms with E-state index in [0.717, 1.165) is 63.9 Å². The number of piperidine rings is 1. The maximum absolute atomic E-state index is 13.3. The molecule has 0 unspecified atom stereocenters. The summed E-state index contributed by atoms with van der Waals surface area (Å²) in [7, 11) is 1.75. The number of methoxy groups -OCH3 is 1. The van der Waals surface area contributed by atoms with Crippen LogP contribution >= 0.6 is 0 Å².